The lowest BCUT2D eigenvalue weighted by Crippen LogP contribution is -2.20. The van der Waals surface area contributed by atoms with E-state index in [1.807, 2.05) is 53.4 Å². The zero-order chi connectivity index (χ0) is 22.9. The molecule has 0 spiro atoms. The van der Waals surface area contributed by atoms with Crippen molar-refractivity contribution in [2.45, 2.75) is 6.52 Å². The number of urea groups is 1. The maximum atomic E-state index is 12.7. The SMILES string of the molecule is [2H]C(c1c[nH]c2ncccc12)n1ccc2c(NC(=O)Nc3cc(Cl)ccc3OC)cccc21. The van der Waals surface area contributed by atoms with Gasteiger partial charge in [0.25, 0.3) is 0 Å². The first-order valence-corrected chi connectivity index (χ1v) is 10.3. The van der Waals surface area contributed by atoms with Gasteiger partial charge in [0.2, 0.25) is 0 Å². The van der Waals surface area contributed by atoms with Crippen LogP contribution < -0.4 is 15.4 Å². The first-order valence-electron chi connectivity index (χ1n) is 10.5. The summed E-state index contributed by atoms with van der Waals surface area (Å²) in [6.07, 6.45) is 5.38. The number of benzene rings is 2. The van der Waals surface area contributed by atoms with Crippen LogP contribution >= 0.6 is 11.6 Å². The molecule has 3 aromatic heterocycles. The van der Waals surface area contributed by atoms with Gasteiger partial charge in [0, 0.05) is 40.9 Å². The van der Waals surface area contributed by atoms with Crippen molar-refractivity contribution in [1.82, 2.24) is 14.5 Å². The van der Waals surface area contributed by atoms with E-state index in [1.54, 1.807) is 24.4 Å². The number of hydrogen-bond acceptors (Lipinski definition) is 3. The number of pyridine rings is 1. The average Bonchev–Trinajstić information content (AvgIpc) is 3.44. The molecule has 8 heteroatoms. The van der Waals surface area contributed by atoms with E-state index in [2.05, 4.69) is 20.6 Å². The normalized spacial score (nSPS) is 12.5. The number of halogens is 1. The van der Waals surface area contributed by atoms with Crippen LogP contribution in [0, 0.1) is 0 Å². The molecule has 3 heterocycles. The molecule has 0 saturated heterocycles. The smallest absolute Gasteiger partial charge is 0.323 e. The third-order valence-electron chi connectivity index (χ3n) is 5.18. The number of methoxy groups -OCH3 is 1. The maximum Gasteiger partial charge on any atom is 0.323 e. The minimum atomic E-state index is -0.680. The summed E-state index contributed by atoms with van der Waals surface area (Å²) in [5.41, 5.74) is 3.48. The molecule has 0 fully saturated rings. The monoisotopic (exact) mass is 446 g/mol. The lowest BCUT2D eigenvalue weighted by atomic mass is 10.2. The van der Waals surface area contributed by atoms with Crippen molar-refractivity contribution in [2.75, 3.05) is 17.7 Å². The zero-order valence-electron chi connectivity index (χ0n) is 18.1. The van der Waals surface area contributed by atoms with Crippen molar-refractivity contribution in [3.63, 3.8) is 0 Å². The quantitative estimate of drug-likeness (QED) is 0.315. The first kappa shape index (κ1) is 18.8. The number of H-pyrrole nitrogens is 1. The van der Waals surface area contributed by atoms with Crippen molar-refractivity contribution in [3.8, 4) is 5.75 Å². The number of aromatic nitrogens is 3. The molecule has 160 valence electrons. The summed E-state index contributed by atoms with van der Waals surface area (Å²) < 4.78 is 16.0. The lowest BCUT2D eigenvalue weighted by molar-refractivity contribution is 0.262. The van der Waals surface area contributed by atoms with Gasteiger partial charge in [0.1, 0.15) is 11.4 Å². The van der Waals surface area contributed by atoms with Gasteiger partial charge in [-0.2, -0.15) is 0 Å². The number of rotatable bonds is 5. The third-order valence-corrected chi connectivity index (χ3v) is 5.42. The van der Waals surface area contributed by atoms with Crippen LogP contribution in [0.3, 0.4) is 0 Å². The summed E-state index contributed by atoms with van der Waals surface area (Å²) in [5.74, 6) is 0.504. The van der Waals surface area contributed by atoms with Crippen LogP contribution in [0.4, 0.5) is 16.2 Å². The number of nitrogens with one attached hydrogen (secondary N) is 3. The number of nitrogens with zero attached hydrogens (tertiary/aromatic N) is 2. The molecular formula is C24H20ClN5O2. The summed E-state index contributed by atoms with van der Waals surface area (Å²) in [6, 6.07) is 15.8. The van der Waals surface area contributed by atoms with E-state index in [4.69, 9.17) is 17.7 Å². The van der Waals surface area contributed by atoms with E-state index in [9.17, 15) is 4.79 Å². The van der Waals surface area contributed by atoms with Crippen LogP contribution in [0.1, 0.15) is 6.93 Å². The van der Waals surface area contributed by atoms with Gasteiger partial charge in [-0.15, -0.1) is 0 Å². The van der Waals surface area contributed by atoms with E-state index in [-0.39, 0.29) is 0 Å². The fourth-order valence-corrected chi connectivity index (χ4v) is 3.87. The van der Waals surface area contributed by atoms with Crippen molar-refractivity contribution >= 4 is 50.9 Å². The van der Waals surface area contributed by atoms with Crippen LogP contribution in [0.5, 0.6) is 5.75 Å². The van der Waals surface area contributed by atoms with Gasteiger partial charge in [-0.25, -0.2) is 9.78 Å². The topological polar surface area (TPSA) is 84.0 Å². The first-order chi connectivity index (χ1) is 16.0. The predicted molar refractivity (Wildman–Crippen MR) is 128 cm³/mol. The van der Waals surface area contributed by atoms with Crippen LogP contribution in [0.2, 0.25) is 5.02 Å². The zero-order valence-corrected chi connectivity index (χ0v) is 17.9. The second kappa shape index (κ2) is 8.28. The molecule has 32 heavy (non-hydrogen) atoms. The fraction of sp³-hybridized carbons (Fsp3) is 0.0833. The molecular weight excluding hydrogens is 426 g/mol. The highest BCUT2D eigenvalue weighted by molar-refractivity contribution is 6.31. The second-order valence-corrected chi connectivity index (χ2v) is 7.59. The van der Waals surface area contributed by atoms with Gasteiger partial charge < -0.3 is 24.9 Å². The molecule has 0 bridgehead atoms. The van der Waals surface area contributed by atoms with E-state index in [0.717, 1.165) is 27.5 Å². The molecule has 1 unspecified atom stereocenters. The predicted octanol–water partition coefficient (Wildman–Crippen LogP) is 5.87. The largest absolute Gasteiger partial charge is 0.495 e. The molecule has 5 rings (SSSR count). The molecule has 0 aliphatic rings. The van der Waals surface area contributed by atoms with Crippen LogP contribution in [0.25, 0.3) is 21.9 Å². The molecule has 7 nitrogen and oxygen atoms in total. The Morgan fingerprint density at radius 1 is 1.16 bits per heavy atom. The molecule has 5 aromatic rings. The molecule has 2 aromatic carbocycles. The van der Waals surface area contributed by atoms with Gasteiger partial charge in [-0.3, -0.25) is 0 Å². The lowest BCUT2D eigenvalue weighted by Gasteiger charge is -2.12. The number of amides is 2. The molecule has 3 N–H and O–H groups in total. The molecule has 0 radical (unpaired) electrons. The van der Waals surface area contributed by atoms with E-state index in [1.165, 1.54) is 7.11 Å². The highest BCUT2D eigenvalue weighted by atomic mass is 35.5. The molecule has 2 amide bonds. The highest BCUT2D eigenvalue weighted by Gasteiger charge is 2.12. The number of anilines is 2. The minimum Gasteiger partial charge on any atom is -0.495 e. The standard InChI is InChI=1S/C24H20ClN5O2/c1-32-22-8-7-16(25)12-20(22)29-24(31)28-19-5-2-6-21-18(19)9-11-30(21)14-15-13-27-23-17(15)4-3-10-26-23/h2-13H,14H2,1H3,(H,26,27)(H2,28,29,31)/i14D. The van der Waals surface area contributed by atoms with E-state index in [0.29, 0.717) is 22.1 Å². The fourth-order valence-electron chi connectivity index (χ4n) is 3.70. The molecule has 0 saturated carbocycles. The number of aromatic amines is 1. The number of fused-ring (bicyclic) bond motifs is 2. The van der Waals surface area contributed by atoms with Crippen molar-refractivity contribution in [3.05, 3.63) is 83.8 Å². The van der Waals surface area contributed by atoms with Crippen molar-refractivity contribution < 1.29 is 10.9 Å². The second-order valence-electron chi connectivity index (χ2n) is 7.16. The van der Waals surface area contributed by atoms with Gasteiger partial charge in [0.05, 0.1) is 25.4 Å². The molecule has 1 atom stereocenters. The molecule has 0 aliphatic carbocycles. The van der Waals surface area contributed by atoms with E-state index < -0.39 is 12.6 Å². The average molecular weight is 447 g/mol. The minimum absolute atomic E-state index is 0.430. The van der Waals surface area contributed by atoms with Crippen LogP contribution in [0.15, 0.2) is 73.2 Å². The van der Waals surface area contributed by atoms with Crippen molar-refractivity contribution in [2.24, 2.45) is 0 Å². The van der Waals surface area contributed by atoms with Crippen LogP contribution in [-0.4, -0.2) is 27.7 Å². The Kier molecular flexibility index (Phi) is 4.86. The van der Waals surface area contributed by atoms with E-state index >= 15 is 0 Å². The van der Waals surface area contributed by atoms with Gasteiger partial charge >= 0.3 is 6.03 Å². The Morgan fingerprint density at radius 2 is 2.03 bits per heavy atom. The summed E-state index contributed by atoms with van der Waals surface area (Å²) in [6.45, 7) is -0.680. The highest BCUT2D eigenvalue weighted by Crippen LogP contribution is 2.29. The Hall–Kier alpha value is -3.97. The Balaban J connectivity index is 1.43. The van der Waals surface area contributed by atoms with Crippen molar-refractivity contribution in [1.29, 1.82) is 0 Å². The van der Waals surface area contributed by atoms with Crippen LogP contribution in [-0.2, 0) is 6.52 Å². The Bertz CT molecular complexity index is 1480. The van der Waals surface area contributed by atoms with Gasteiger partial charge in [0.15, 0.2) is 0 Å². The summed E-state index contributed by atoms with van der Waals surface area (Å²) in [7, 11) is 1.52. The summed E-state index contributed by atoms with van der Waals surface area (Å²) in [4.78, 5) is 20.1. The summed E-state index contributed by atoms with van der Waals surface area (Å²) >= 11 is 6.05. The Morgan fingerprint density at radius 3 is 2.91 bits per heavy atom. The van der Waals surface area contributed by atoms with Gasteiger partial charge in [-0.1, -0.05) is 17.7 Å². The number of carbonyl (C=O) groups is 1. The third kappa shape index (κ3) is 3.74. The number of carbonyl (C=O) groups excluding carboxylic acids is 1. The Labute approximate surface area is 190 Å². The number of ether oxygens (including phenoxy) is 1. The molecule has 0 aliphatic heterocycles. The number of hydrogen-bond donors (Lipinski definition) is 3. The van der Waals surface area contributed by atoms with Gasteiger partial charge in [-0.05, 0) is 54.1 Å². The summed E-state index contributed by atoms with van der Waals surface area (Å²) in [5, 5.41) is 7.87. The maximum absolute atomic E-state index is 12.7.